The van der Waals surface area contributed by atoms with Crippen LogP contribution >= 0.6 is 0 Å². The fourth-order valence-corrected chi connectivity index (χ4v) is 4.51. The Kier molecular flexibility index (Phi) is 6.92. The van der Waals surface area contributed by atoms with Gasteiger partial charge in [-0.15, -0.1) is 0 Å². The molecule has 0 aliphatic carbocycles. The number of urea groups is 1. The van der Waals surface area contributed by atoms with Gasteiger partial charge in [0.25, 0.3) is 0 Å². The second kappa shape index (κ2) is 9.89. The minimum Gasteiger partial charge on any atom is -0.493 e. The summed E-state index contributed by atoms with van der Waals surface area (Å²) in [6.07, 6.45) is 0.279. The van der Waals surface area contributed by atoms with E-state index in [1.54, 1.807) is 13.1 Å². The molecule has 1 N–H and O–H groups in total. The van der Waals surface area contributed by atoms with E-state index in [1.165, 1.54) is 19.2 Å². The fourth-order valence-electron chi connectivity index (χ4n) is 4.51. The third-order valence-electron chi connectivity index (χ3n) is 6.52. The predicted molar refractivity (Wildman–Crippen MR) is 131 cm³/mol. The number of fused-ring (bicyclic) bond motifs is 1. The average Bonchev–Trinajstić information content (AvgIpc) is 3.00. The molecule has 2 aromatic carbocycles. The Hall–Kier alpha value is -3.33. The highest BCUT2D eigenvalue weighted by molar-refractivity contribution is 6.14. The fraction of sp³-hybridized carbons (Fsp3) is 0.440. The lowest BCUT2D eigenvalue weighted by molar-refractivity contribution is 0.184. The highest BCUT2D eigenvalue weighted by Crippen LogP contribution is 2.38. The molecule has 9 heteroatoms. The highest BCUT2D eigenvalue weighted by Gasteiger charge is 2.31. The first-order valence-electron chi connectivity index (χ1n) is 11.4. The zero-order chi connectivity index (χ0) is 24.4. The lowest BCUT2D eigenvalue weighted by Gasteiger charge is -2.34. The molecule has 2 aliphatic heterocycles. The van der Waals surface area contributed by atoms with Gasteiger partial charge in [0.1, 0.15) is 0 Å². The van der Waals surface area contributed by atoms with Crippen LogP contribution in [0.5, 0.6) is 11.5 Å². The number of hydrazone groups is 1. The third-order valence-corrected chi connectivity index (χ3v) is 6.52. The van der Waals surface area contributed by atoms with Crippen LogP contribution in [0.25, 0.3) is 0 Å². The number of nitrogens with zero attached hydrogens (tertiary/aromatic N) is 4. The zero-order valence-corrected chi connectivity index (χ0v) is 20.4. The van der Waals surface area contributed by atoms with E-state index < -0.39 is 5.82 Å². The van der Waals surface area contributed by atoms with Crippen molar-refractivity contribution in [3.8, 4) is 11.5 Å². The number of methoxy groups -OCH3 is 2. The average molecular weight is 470 g/mol. The van der Waals surface area contributed by atoms with Gasteiger partial charge >= 0.3 is 6.03 Å². The van der Waals surface area contributed by atoms with Gasteiger partial charge in [-0.25, -0.2) is 14.2 Å². The van der Waals surface area contributed by atoms with Crippen LogP contribution in [0, 0.1) is 5.82 Å². The van der Waals surface area contributed by atoms with Gasteiger partial charge in [0.2, 0.25) is 0 Å². The van der Waals surface area contributed by atoms with Crippen LogP contribution in [0.1, 0.15) is 23.6 Å². The van der Waals surface area contributed by atoms with E-state index >= 15 is 4.39 Å². The van der Waals surface area contributed by atoms with Crippen molar-refractivity contribution in [3.05, 3.63) is 52.8 Å². The standard InChI is InChI=1S/C25H32FN5O3/c1-16-14-19-20(15-21(33-4)24(34-5)22(19)26)23(28-31(16)25(32)27-2)17-6-8-18(9-7-17)30-12-10-29(3)11-13-30/h6-9,15-16H,10-14H2,1-5H3,(H,27,32)/t16-/m0/s1. The number of rotatable bonds is 4. The molecule has 2 aromatic rings. The molecule has 8 nitrogen and oxygen atoms in total. The Balaban J connectivity index is 1.81. The summed E-state index contributed by atoms with van der Waals surface area (Å²) in [5.41, 5.74) is 3.45. The molecule has 1 saturated heterocycles. The summed E-state index contributed by atoms with van der Waals surface area (Å²) in [6, 6.07) is 9.08. The first-order valence-corrected chi connectivity index (χ1v) is 11.4. The second-order valence-electron chi connectivity index (χ2n) is 8.69. The SMILES string of the molecule is CNC(=O)N1N=C(c2ccc(N3CCN(C)CC3)cc2)c2cc(OC)c(OC)c(F)c2C[C@@H]1C. The van der Waals surface area contributed by atoms with E-state index in [4.69, 9.17) is 14.6 Å². The van der Waals surface area contributed by atoms with Gasteiger partial charge in [0, 0.05) is 55.6 Å². The van der Waals surface area contributed by atoms with Crippen molar-refractivity contribution in [1.29, 1.82) is 0 Å². The number of hydrogen-bond donors (Lipinski definition) is 1. The molecule has 0 bridgehead atoms. The van der Waals surface area contributed by atoms with Gasteiger partial charge in [0.15, 0.2) is 17.3 Å². The van der Waals surface area contributed by atoms with Gasteiger partial charge in [-0.1, -0.05) is 12.1 Å². The van der Waals surface area contributed by atoms with Crippen LogP contribution in [-0.4, -0.2) is 82.2 Å². The van der Waals surface area contributed by atoms with Gasteiger partial charge in [-0.3, -0.25) is 0 Å². The molecule has 34 heavy (non-hydrogen) atoms. The number of nitrogens with one attached hydrogen (secondary N) is 1. The maximum absolute atomic E-state index is 15.6. The van der Waals surface area contributed by atoms with Crippen molar-refractivity contribution in [2.24, 2.45) is 5.10 Å². The first kappa shape index (κ1) is 23.8. The quantitative estimate of drug-likeness (QED) is 0.746. The summed E-state index contributed by atoms with van der Waals surface area (Å²) in [4.78, 5) is 17.3. The molecule has 2 aliphatic rings. The van der Waals surface area contributed by atoms with E-state index in [-0.39, 0.29) is 30.0 Å². The van der Waals surface area contributed by atoms with Crippen molar-refractivity contribution in [2.75, 3.05) is 59.4 Å². The summed E-state index contributed by atoms with van der Waals surface area (Å²) in [5.74, 6) is -0.169. The van der Waals surface area contributed by atoms with Gasteiger partial charge < -0.3 is 24.6 Å². The van der Waals surface area contributed by atoms with Crippen LogP contribution in [0.3, 0.4) is 0 Å². The maximum atomic E-state index is 15.6. The molecule has 0 unspecified atom stereocenters. The molecule has 1 atom stereocenters. The number of halogens is 1. The van der Waals surface area contributed by atoms with E-state index in [2.05, 4.69) is 34.3 Å². The summed E-state index contributed by atoms with van der Waals surface area (Å²) < 4.78 is 26.3. The summed E-state index contributed by atoms with van der Waals surface area (Å²) >= 11 is 0. The highest BCUT2D eigenvalue weighted by atomic mass is 19.1. The van der Waals surface area contributed by atoms with Crippen molar-refractivity contribution in [1.82, 2.24) is 15.2 Å². The molecule has 0 aromatic heterocycles. The number of benzene rings is 2. The van der Waals surface area contributed by atoms with Crippen LogP contribution < -0.4 is 19.7 Å². The van der Waals surface area contributed by atoms with Gasteiger partial charge in [0.05, 0.1) is 26.0 Å². The molecular weight excluding hydrogens is 437 g/mol. The minimum absolute atomic E-state index is 0.0478. The van der Waals surface area contributed by atoms with Crippen LogP contribution in [0.2, 0.25) is 0 Å². The Labute approximate surface area is 199 Å². The number of hydrogen-bond acceptors (Lipinski definition) is 6. The van der Waals surface area contributed by atoms with E-state index in [0.29, 0.717) is 16.8 Å². The Bertz CT molecular complexity index is 1080. The number of anilines is 1. The number of amides is 2. The van der Waals surface area contributed by atoms with Crippen molar-refractivity contribution < 1.29 is 18.7 Å². The second-order valence-corrected chi connectivity index (χ2v) is 8.69. The number of carbonyl (C=O) groups excluding carboxylic acids is 1. The Morgan fingerprint density at radius 3 is 2.38 bits per heavy atom. The summed E-state index contributed by atoms with van der Waals surface area (Å²) in [6.45, 7) is 5.80. The van der Waals surface area contributed by atoms with E-state index in [0.717, 1.165) is 37.4 Å². The Morgan fingerprint density at radius 1 is 1.12 bits per heavy atom. The van der Waals surface area contributed by atoms with Crippen LogP contribution in [-0.2, 0) is 6.42 Å². The van der Waals surface area contributed by atoms with Gasteiger partial charge in [-0.2, -0.15) is 5.10 Å². The van der Waals surface area contributed by atoms with Crippen molar-refractivity contribution >= 4 is 17.4 Å². The normalized spacial score (nSPS) is 18.6. The van der Waals surface area contributed by atoms with Crippen LogP contribution in [0.4, 0.5) is 14.9 Å². The molecule has 0 saturated carbocycles. The minimum atomic E-state index is -0.496. The van der Waals surface area contributed by atoms with Gasteiger partial charge in [-0.05, 0) is 38.6 Å². The molecule has 0 spiro atoms. The monoisotopic (exact) mass is 469 g/mol. The molecular formula is C25H32FN5O3. The van der Waals surface area contributed by atoms with Crippen LogP contribution in [0.15, 0.2) is 35.4 Å². The Morgan fingerprint density at radius 2 is 1.79 bits per heavy atom. The summed E-state index contributed by atoms with van der Waals surface area (Å²) in [5, 5.41) is 8.73. The third kappa shape index (κ3) is 4.40. The first-order chi connectivity index (χ1) is 16.4. The summed E-state index contributed by atoms with van der Waals surface area (Å²) in [7, 11) is 6.57. The maximum Gasteiger partial charge on any atom is 0.337 e. The van der Waals surface area contributed by atoms with Crippen molar-refractivity contribution in [2.45, 2.75) is 19.4 Å². The predicted octanol–water partition coefficient (Wildman–Crippen LogP) is 2.93. The number of likely N-dealkylation sites (N-methyl/N-ethyl adjacent to an activating group) is 1. The number of ether oxygens (including phenoxy) is 2. The topological polar surface area (TPSA) is 69.6 Å². The van der Waals surface area contributed by atoms with E-state index in [9.17, 15) is 4.79 Å². The molecule has 4 rings (SSSR count). The molecule has 2 heterocycles. The number of piperazine rings is 1. The molecule has 182 valence electrons. The molecule has 1 fully saturated rings. The van der Waals surface area contributed by atoms with Crippen molar-refractivity contribution in [3.63, 3.8) is 0 Å². The largest absolute Gasteiger partial charge is 0.493 e. The lowest BCUT2D eigenvalue weighted by Crippen LogP contribution is -2.44. The van der Waals surface area contributed by atoms with E-state index in [1.807, 2.05) is 19.1 Å². The number of carbonyl (C=O) groups is 1. The zero-order valence-electron chi connectivity index (χ0n) is 20.4. The molecule has 2 amide bonds. The smallest absolute Gasteiger partial charge is 0.337 e. The molecule has 0 radical (unpaired) electrons. The lowest BCUT2D eigenvalue weighted by atomic mass is 9.93.